The first-order valence-corrected chi connectivity index (χ1v) is 10.0. The molecule has 4 nitrogen and oxygen atoms in total. The highest BCUT2D eigenvalue weighted by Crippen LogP contribution is 2.29. The maximum absolute atomic E-state index is 12.7. The Hall–Kier alpha value is -2.18. The molecule has 1 N–H and O–H groups in total. The van der Waals surface area contributed by atoms with Crippen molar-refractivity contribution in [2.24, 2.45) is 7.05 Å². The van der Waals surface area contributed by atoms with Crippen molar-refractivity contribution in [2.45, 2.75) is 34.0 Å². The van der Waals surface area contributed by atoms with E-state index in [9.17, 15) is 4.79 Å². The molecule has 0 fully saturated rings. The Morgan fingerprint density at radius 1 is 1.12 bits per heavy atom. The molecule has 1 heterocycles. The molecule has 0 aliphatic carbocycles. The highest BCUT2D eigenvalue weighted by atomic mass is 32.2. The Kier molecular flexibility index (Phi) is 6.06. The number of hydrogen-bond donors (Lipinski definition) is 1. The van der Waals surface area contributed by atoms with Gasteiger partial charge in [-0.15, -0.1) is 11.8 Å². The zero-order valence-corrected chi connectivity index (χ0v) is 16.6. The van der Waals surface area contributed by atoms with Gasteiger partial charge in [-0.3, -0.25) is 4.79 Å². The molecule has 0 saturated heterocycles. The number of thioether (sulfide) groups is 1. The summed E-state index contributed by atoms with van der Waals surface area (Å²) >= 11 is 3.29. The number of aromatic nitrogens is 2. The van der Waals surface area contributed by atoms with Gasteiger partial charge in [0.1, 0.15) is 0 Å². The number of hydrogen-bond acceptors (Lipinski definition) is 4. The number of carbonyl (C=O) groups is 1. The Morgan fingerprint density at radius 3 is 2.50 bits per heavy atom. The highest BCUT2D eigenvalue weighted by Gasteiger charge is 2.13. The molecule has 3 aromatic rings. The molecular formula is C20H21N3OS2. The summed E-state index contributed by atoms with van der Waals surface area (Å²) in [6, 6.07) is 15.5. The number of nitrogens with zero attached hydrogens (tertiary/aromatic N) is 2. The van der Waals surface area contributed by atoms with Crippen LogP contribution >= 0.6 is 23.5 Å². The van der Waals surface area contributed by atoms with Crippen molar-refractivity contribution in [1.29, 1.82) is 0 Å². The topological polar surface area (TPSA) is 46.9 Å². The van der Waals surface area contributed by atoms with E-state index in [2.05, 4.69) is 24.1 Å². The van der Waals surface area contributed by atoms with Crippen LogP contribution in [0.4, 0.5) is 5.69 Å². The van der Waals surface area contributed by atoms with Gasteiger partial charge in [0.2, 0.25) is 0 Å². The third-order valence-corrected chi connectivity index (χ3v) is 5.76. The van der Waals surface area contributed by atoms with Crippen LogP contribution in [0.5, 0.6) is 0 Å². The van der Waals surface area contributed by atoms with Crippen molar-refractivity contribution in [3.63, 3.8) is 0 Å². The minimum absolute atomic E-state index is 0.0849. The van der Waals surface area contributed by atoms with Crippen LogP contribution in [0.2, 0.25) is 0 Å². The predicted molar refractivity (Wildman–Crippen MR) is 109 cm³/mol. The summed E-state index contributed by atoms with van der Waals surface area (Å²) in [6.07, 6.45) is 3.70. The summed E-state index contributed by atoms with van der Waals surface area (Å²) in [7, 11) is 1.97. The predicted octanol–water partition coefficient (Wildman–Crippen LogP) is 5.32. The van der Waals surface area contributed by atoms with Crippen molar-refractivity contribution in [3.8, 4) is 0 Å². The monoisotopic (exact) mass is 383 g/mol. The van der Waals surface area contributed by atoms with E-state index in [0.29, 0.717) is 10.8 Å². The molecule has 1 aromatic heterocycles. The van der Waals surface area contributed by atoms with Crippen molar-refractivity contribution in [1.82, 2.24) is 9.55 Å². The summed E-state index contributed by atoms with van der Waals surface area (Å²) in [5.74, 6) is -0.0849. The summed E-state index contributed by atoms with van der Waals surface area (Å²) in [6.45, 7) is 4.24. The quantitative estimate of drug-likeness (QED) is 0.585. The summed E-state index contributed by atoms with van der Waals surface area (Å²) in [5.41, 5.74) is 1.49. The normalized spacial score (nSPS) is 10.9. The lowest BCUT2D eigenvalue weighted by atomic mass is 10.2. The summed E-state index contributed by atoms with van der Waals surface area (Å²) < 4.78 is 1.98. The van der Waals surface area contributed by atoms with Gasteiger partial charge in [0.25, 0.3) is 5.91 Å². The van der Waals surface area contributed by atoms with Gasteiger partial charge in [-0.2, -0.15) is 0 Å². The van der Waals surface area contributed by atoms with E-state index in [1.165, 1.54) is 0 Å². The molecule has 0 saturated carbocycles. The maximum Gasteiger partial charge on any atom is 0.256 e. The number of amides is 1. The Labute approximate surface area is 162 Å². The van der Waals surface area contributed by atoms with E-state index in [1.807, 2.05) is 66.3 Å². The average Bonchev–Trinajstić information content (AvgIpc) is 3.01. The maximum atomic E-state index is 12.7. The summed E-state index contributed by atoms with van der Waals surface area (Å²) in [4.78, 5) is 19.0. The number of anilines is 1. The first-order chi connectivity index (χ1) is 12.5. The second-order valence-corrected chi connectivity index (χ2v) is 8.72. The van der Waals surface area contributed by atoms with E-state index in [1.54, 1.807) is 29.7 Å². The molecule has 0 atom stereocenters. The van der Waals surface area contributed by atoms with Crippen molar-refractivity contribution in [3.05, 3.63) is 66.5 Å². The molecule has 0 aliphatic heterocycles. The molecule has 26 heavy (non-hydrogen) atoms. The smallest absolute Gasteiger partial charge is 0.256 e. The number of nitrogens with one attached hydrogen (secondary N) is 1. The summed E-state index contributed by atoms with van der Waals surface area (Å²) in [5, 5.41) is 4.34. The van der Waals surface area contributed by atoms with E-state index in [4.69, 9.17) is 0 Å². The molecule has 6 heteroatoms. The number of imidazole rings is 1. The van der Waals surface area contributed by atoms with Gasteiger partial charge in [0.05, 0.1) is 5.56 Å². The van der Waals surface area contributed by atoms with Crippen molar-refractivity contribution in [2.75, 3.05) is 5.32 Å². The van der Waals surface area contributed by atoms with Crippen molar-refractivity contribution >= 4 is 35.1 Å². The van der Waals surface area contributed by atoms with Crippen LogP contribution < -0.4 is 5.32 Å². The number of rotatable bonds is 6. The zero-order valence-electron chi connectivity index (χ0n) is 15.0. The van der Waals surface area contributed by atoms with E-state index >= 15 is 0 Å². The molecule has 0 radical (unpaired) electrons. The Balaban J connectivity index is 1.69. The Morgan fingerprint density at radius 2 is 1.85 bits per heavy atom. The molecule has 2 aromatic carbocycles. The molecular weight excluding hydrogens is 362 g/mol. The number of aryl methyl sites for hydroxylation is 1. The largest absolute Gasteiger partial charge is 0.329 e. The van der Waals surface area contributed by atoms with Crippen LogP contribution in [-0.4, -0.2) is 20.7 Å². The standard InChI is InChI=1S/C20H21N3OS2/c1-14(2)25-18-7-5-4-6-17(18)19(24)22-15-8-10-16(11-9-15)26-20-21-12-13-23(20)3/h4-14H,1-3H3,(H,22,24). The molecule has 0 aliphatic rings. The van der Waals surface area contributed by atoms with Crippen LogP contribution in [-0.2, 0) is 7.05 Å². The number of benzene rings is 2. The van der Waals surface area contributed by atoms with Crippen molar-refractivity contribution < 1.29 is 4.79 Å². The van der Waals surface area contributed by atoms with E-state index in [-0.39, 0.29) is 5.91 Å². The van der Waals surface area contributed by atoms with Gasteiger partial charge < -0.3 is 9.88 Å². The van der Waals surface area contributed by atoms with E-state index in [0.717, 1.165) is 20.6 Å². The lowest BCUT2D eigenvalue weighted by molar-refractivity contribution is 0.102. The van der Waals surface area contributed by atoms with Gasteiger partial charge in [-0.05, 0) is 36.4 Å². The Bertz CT molecular complexity index is 888. The first kappa shape index (κ1) is 18.6. The van der Waals surface area contributed by atoms with Crippen LogP contribution in [0.1, 0.15) is 24.2 Å². The first-order valence-electron chi connectivity index (χ1n) is 8.35. The second-order valence-electron chi connectivity index (χ2n) is 6.06. The van der Waals surface area contributed by atoms with Crippen LogP contribution in [0.15, 0.2) is 75.9 Å². The highest BCUT2D eigenvalue weighted by molar-refractivity contribution is 8.00. The fourth-order valence-electron chi connectivity index (χ4n) is 2.37. The fourth-order valence-corrected chi connectivity index (χ4v) is 4.13. The molecule has 0 unspecified atom stereocenters. The van der Waals surface area contributed by atoms with Gasteiger partial charge >= 0.3 is 0 Å². The lowest BCUT2D eigenvalue weighted by Gasteiger charge is -2.12. The molecule has 0 bridgehead atoms. The van der Waals surface area contributed by atoms with Gasteiger partial charge in [-0.1, -0.05) is 37.7 Å². The second kappa shape index (κ2) is 8.47. The van der Waals surface area contributed by atoms with Crippen LogP contribution in [0.3, 0.4) is 0 Å². The molecule has 134 valence electrons. The molecule has 1 amide bonds. The molecule has 0 spiro atoms. The number of carbonyl (C=O) groups excluding carboxylic acids is 1. The minimum atomic E-state index is -0.0849. The third kappa shape index (κ3) is 4.71. The third-order valence-electron chi connectivity index (χ3n) is 3.59. The minimum Gasteiger partial charge on any atom is -0.329 e. The molecule has 3 rings (SSSR count). The van der Waals surface area contributed by atoms with Crippen LogP contribution in [0, 0.1) is 0 Å². The van der Waals surface area contributed by atoms with Gasteiger partial charge in [0, 0.05) is 40.2 Å². The van der Waals surface area contributed by atoms with Gasteiger partial charge in [0.15, 0.2) is 5.16 Å². The van der Waals surface area contributed by atoms with Gasteiger partial charge in [-0.25, -0.2) is 4.98 Å². The van der Waals surface area contributed by atoms with E-state index < -0.39 is 0 Å². The van der Waals surface area contributed by atoms with Crippen LogP contribution in [0.25, 0.3) is 0 Å². The average molecular weight is 384 g/mol. The SMILES string of the molecule is CC(C)Sc1ccccc1C(=O)Nc1ccc(Sc2nccn2C)cc1. The fraction of sp³-hybridized carbons (Fsp3) is 0.200. The zero-order chi connectivity index (χ0) is 18.5. The lowest BCUT2D eigenvalue weighted by Crippen LogP contribution is -2.13.